The van der Waals surface area contributed by atoms with E-state index in [1.807, 2.05) is 13.0 Å². The van der Waals surface area contributed by atoms with E-state index >= 15 is 0 Å². The Labute approximate surface area is 142 Å². The molecule has 2 aromatic carbocycles. The summed E-state index contributed by atoms with van der Waals surface area (Å²) in [4.78, 5) is 0. The maximum absolute atomic E-state index is 13.1. The van der Waals surface area contributed by atoms with Gasteiger partial charge in [-0.05, 0) is 31.2 Å². The molecule has 0 amide bonds. The third-order valence-corrected chi connectivity index (χ3v) is 4.16. The van der Waals surface area contributed by atoms with Crippen molar-refractivity contribution in [2.24, 2.45) is 0 Å². The number of halogens is 3. The van der Waals surface area contributed by atoms with Crippen molar-refractivity contribution in [2.45, 2.75) is 19.6 Å². The van der Waals surface area contributed by atoms with Crippen LogP contribution in [0.3, 0.4) is 0 Å². The average molecular weight is 344 g/mol. The molecule has 128 valence electrons. The minimum absolute atomic E-state index is 0.360. The van der Waals surface area contributed by atoms with Crippen LogP contribution in [0, 0.1) is 11.3 Å². The molecule has 0 spiro atoms. The maximum Gasteiger partial charge on any atom is 0.416 e. The second-order valence-electron chi connectivity index (χ2n) is 5.54. The van der Waals surface area contributed by atoms with Crippen LogP contribution in [0.15, 0.2) is 42.5 Å². The van der Waals surface area contributed by atoms with E-state index in [9.17, 15) is 18.4 Å². The highest BCUT2D eigenvalue weighted by atomic mass is 19.4. The molecule has 0 radical (unpaired) electrons. The molecule has 0 aliphatic heterocycles. The summed E-state index contributed by atoms with van der Waals surface area (Å²) in [6.07, 6.45) is -4.43. The third kappa shape index (κ3) is 2.82. The second-order valence-corrected chi connectivity index (χ2v) is 5.54. The number of benzene rings is 2. The molecule has 25 heavy (non-hydrogen) atoms. The summed E-state index contributed by atoms with van der Waals surface area (Å²) < 4.78 is 46.2. The molecule has 3 rings (SSSR count). The summed E-state index contributed by atoms with van der Waals surface area (Å²) in [6, 6.07) is 12.8. The lowest BCUT2D eigenvalue weighted by Gasteiger charge is -2.11. The molecule has 0 unspecified atom stereocenters. The third-order valence-electron chi connectivity index (χ3n) is 4.16. The number of hydrogen-bond acceptors (Lipinski definition) is 2. The average Bonchev–Trinajstić information content (AvgIpc) is 2.93. The zero-order valence-electron chi connectivity index (χ0n) is 13.7. The van der Waals surface area contributed by atoms with Gasteiger partial charge >= 0.3 is 6.18 Å². The Balaban J connectivity index is 2.36. The number of nitrogens with zero attached hydrogens (tertiary/aromatic N) is 2. The van der Waals surface area contributed by atoms with E-state index in [4.69, 9.17) is 4.74 Å². The molecule has 0 saturated carbocycles. The molecule has 0 bridgehead atoms. The Hall–Kier alpha value is -2.94. The number of nitriles is 1. The van der Waals surface area contributed by atoms with Gasteiger partial charge in [-0.1, -0.05) is 18.2 Å². The zero-order chi connectivity index (χ0) is 18.2. The first kappa shape index (κ1) is 16.9. The fraction of sp³-hybridized carbons (Fsp3) is 0.211. The standard InChI is InChI=1S/C19H15F3N2O/c1-3-24-17-10-13(19(20,21)22)7-8-15(17)16(11-23)18(24)12-5-4-6-14(9-12)25-2/h4-10H,3H2,1-2H3. The number of rotatable bonds is 3. The molecule has 3 aromatic rings. The van der Waals surface area contributed by atoms with Crippen molar-refractivity contribution in [1.29, 1.82) is 5.26 Å². The Morgan fingerprint density at radius 3 is 2.52 bits per heavy atom. The second kappa shape index (κ2) is 6.17. The number of aryl methyl sites for hydroxylation is 1. The van der Waals surface area contributed by atoms with E-state index in [-0.39, 0.29) is 0 Å². The first-order valence-electron chi connectivity index (χ1n) is 7.68. The van der Waals surface area contributed by atoms with E-state index < -0.39 is 11.7 Å². The molecule has 0 N–H and O–H groups in total. The highest BCUT2D eigenvalue weighted by molar-refractivity contribution is 5.95. The fourth-order valence-electron chi connectivity index (χ4n) is 3.04. The van der Waals surface area contributed by atoms with Crippen LogP contribution in [0.5, 0.6) is 5.75 Å². The van der Waals surface area contributed by atoms with Gasteiger partial charge < -0.3 is 9.30 Å². The quantitative estimate of drug-likeness (QED) is 0.653. The van der Waals surface area contributed by atoms with Crippen molar-refractivity contribution >= 4 is 10.9 Å². The van der Waals surface area contributed by atoms with Gasteiger partial charge in [0.15, 0.2) is 0 Å². The van der Waals surface area contributed by atoms with Gasteiger partial charge in [0, 0.05) is 17.5 Å². The summed E-state index contributed by atoms with van der Waals surface area (Å²) in [5.41, 5.74) is 1.35. The van der Waals surface area contributed by atoms with Crippen LogP contribution in [0.4, 0.5) is 13.2 Å². The van der Waals surface area contributed by atoms with Crippen LogP contribution in [0.2, 0.25) is 0 Å². The van der Waals surface area contributed by atoms with Gasteiger partial charge in [0.25, 0.3) is 0 Å². The molecule has 3 nitrogen and oxygen atoms in total. The normalized spacial score (nSPS) is 11.5. The Morgan fingerprint density at radius 1 is 1.16 bits per heavy atom. The van der Waals surface area contributed by atoms with Crippen LogP contribution in [-0.2, 0) is 12.7 Å². The maximum atomic E-state index is 13.1. The van der Waals surface area contributed by atoms with Gasteiger partial charge in [-0.25, -0.2) is 0 Å². The van der Waals surface area contributed by atoms with Crippen molar-refractivity contribution in [2.75, 3.05) is 7.11 Å². The molecule has 0 fully saturated rings. The highest BCUT2D eigenvalue weighted by Gasteiger charge is 2.31. The first-order chi connectivity index (χ1) is 11.9. The molecule has 6 heteroatoms. The van der Waals surface area contributed by atoms with E-state index in [2.05, 4.69) is 6.07 Å². The number of aromatic nitrogens is 1. The number of fused-ring (bicyclic) bond motifs is 1. The topological polar surface area (TPSA) is 38.0 Å². The Morgan fingerprint density at radius 2 is 1.92 bits per heavy atom. The fourth-order valence-corrected chi connectivity index (χ4v) is 3.04. The first-order valence-corrected chi connectivity index (χ1v) is 7.68. The van der Waals surface area contributed by atoms with Crippen LogP contribution in [0.25, 0.3) is 22.2 Å². The molecule has 0 aliphatic rings. The Kier molecular flexibility index (Phi) is 4.17. The minimum Gasteiger partial charge on any atom is -0.497 e. The van der Waals surface area contributed by atoms with E-state index in [1.54, 1.807) is 22.8 Å². The lowest BCUT2D eigenvalue weighted by Crippen LogP contribution is -2.05. The largest absolute Gasteiger partial charge is 0.497 e. The molecule has 1 heterocycles. The predicted octanol–water partition coefficient (Wildman–Crippen LogP) is 5.23. The van der Waals surface area contributed by atoms with Crippen molar-refractivity contribution in [1.82, 2.24) is 4.57 Å². The lowest BCUT2D eigenvalue weighted by molar-refractivity contribution is -0.137. The van der Waals surface area contributed by atoms with E-state index in [0.717, 1.165) is 17.7 Å². The summed E-state index contributed by atoms with van der Waals surface area (Å²) in [6.45, 7) is 2.27. The monoisotopic (exact) mass is 344 g/mol. The molecular weight excluding hydrogens is 329 g/mol. The lowest BCUT2D eigenvalue weighted by atomic mass is 10.0. The summed E-state index contributed by atoms with van der Waals surface area (Å²) in [5, 5.41) is 10.1. The van der Waals surface area contributed by atoms with Gasteiger partial charge in [0.1, 0.15) is 11.8 Å². The summed E-state index contributed by atoms with van der Waals surface area (Å²) in [5.74, 6) is 0.616. The van der Waals surface area contributed by atoms with Crippen molar-refractivity contribution in [3.8, 4) is 23.1 Å². The number of hydrogen-bond donors (Lipinski definition) is 0. The molecule has 0 atom stereocenters. The van der Waals surface area contributed by atoms with E-state index in [0.29, 0.717) is 34.5 Å². The highest BCUT2D eigenvalue weighted by Crippen LogP contribution is 2.38. The number of ether oxygens (including phenoxy) is 1. The number of methoxy groups -OCH3 is 1. The molecule has 0 aliphatic carbocycles. The number of alkyl halides is 3. The van der Waals surface area contributed by atoms with E-state index in [1.165, 1.54) is 13.2 Å². The van der Waals surface area contributed by atoms with Gasteiger partial charge in [-0.15, -0.1) is 0 Å². The SMILES string of the molecule is CCn1c(-c2cccc(OC)c2)c(C#N)c2ccc(C(F)(F)F)cc21. The van der Waals surface area contributed by atoms with Crippen LogP contribution >= 0.6 is 0 Å². The van der Waals surface area contributed by atoms with Crippen LogP contribution in [0.1, 0.15) is 18.1 Å². The zero-order valence-corrected chi connectivity index (χ0v) is 13.7. The van der Waals surface area contributed by atoms with Gasteiger partial charge in [-0.2, -0.15) is 18.4 Å². The van der Waals surface area contributed by atoms with Gasteiger partial charge in [0.2, 0.25) is 0 Å². The Bertz CT molecular complexity index is 981. The summed E-state index contributed by atoms with van der Waals surface area (Å²) >= 11 is 0. The van der Waals surface area contributed by atoms with Gasteiger partial charge in [-0.3, -0.25) is 0 Å². The predicted molar refractivity (Wildman–Crippen MR) is 89.3 cm³/mol. The smallest absolute Gasteiger partial charge is 0.416 e. The van der Waals surface area contributed by atoms with Crippen molar-refractivity contribution < 1.29 is 17.9 Å². The molecular formula is C19H15F3N2O. The van der Waals surface area contributed by atoms with Crippen molar-refractivity contribution in [3.63, 3.8) is 0 Å². The molecule has 1 aromatic heterocycles. The minimum atomic E-state index is -4.43. The van der Waals surface area contributed by atoms with Crippen LogP contribution in [-0.4, -0.2) is 11.7 Å². The van der Waals surface area contributed by atoms with Crippen LogP contribution < -0.4 is 4.74 Å². The van der Waals surface area contributed by atoms with Gasteiger partial charge in [0.05, 0.1) is 29.4 Å². The summed E-state index contributed by atoms with van der Waals surface area (Å²) in [7, 11) is 1.54. The molecule has 0 saturated heterocycles. The van der Waals surface area contributed by atoms with Crippen molar-refractivity contribution in [3.05, 3.63) is 53.6 Å².